The summed E-state index contributed by atoms with van der Waals surface area (Å²) in [5, 5.41) is 12.2. The van der Waals surface area contributed by atoms with Crippen LogP contribution in [-0.4, -0.2) is 28.0 Å². The van der Waals surface area contributed by atoms with Crippen LogP contribution >= 0.6 is 11.6 Å². The number of rotatable bonds is 3. The highest BCUT2D eigenvalue weighted by atomic mass is 35.5. The number of hydrogen-bond donors (Lipinski definition) is 2. The molecule has 0 spiro atoms. The number of carbonyl (C=O) groups excluding carboxylic acids is 2. The van der Waals surface area contributed by atoms with Gasteiger partial charge >= 0.3 is 6.03 Å². The van der Waals surface area contributed by atoms with Crippen LogP contribution in [0, 0.1) is 17.1 Å². The fraction of sp³-hybridized carbons (Fsp3) is 0.316. The molecule has 3 amide bonds. The van der Waals surface area contributed by atoms with Crippen LogP contribution in [0.4, 0.5) is 14.9 Å². The molecule has 2 heterocycles. The van der Waals surface area contributed by atoms with Gasteiger partial charge < -0.3 is 20.5 Å². The number of anilines is 1. The SMILES string of the molecule is N#Cc1c(C(N)=O)c2n(c1C1CC1)CCN(C(=O)Nc1ccc(F)c(Cl)c1)C2. The lowest BCUT2D eigenvalue weighted by Gasteiger charge is -2.30. The van der Waals surface area contributed by atoms with E-state index in [1.165, 1.54) is 23.1 Å². The van der Waals surface area contributed by atoms with Crippen molar-refractivity contribution in [1.82, 2.24) is 9.47 Å². The molecule has 0 atom stereocenters. The van der Waals surface area contributed by atoms with Crippen LogP contribution < -0.4 is 11.1 Å². The summed E-state index contributed by atoms with van der Waals surface area (Å²) in [6.07, 6.45) is 1.96. The van der Waals surface area contributed by atoms with Crippen LogP contribution in [0.25, 0.3) is 0 Å². The van der Waals surface area contributed by atoms with E-state index in [0.717, 1.165) is 18.5 Å². The van der Waals surface area contributed by atoms with Gasteiger partial charge in [-0.1, -0.05) is 11.6 Å². The van der Waals surface area contributed by atoms with E-state index in [2.05, 4.69) is 11.4 Å². The van der Waals surface area contributed by atoms with E-state index in [4.69, 9.17) is 17.3 Å². The Hall–Kier alpha value is -3.05. The summed E-state index contributed by atoms with van der Waals surface area (Å²) in [6, 6.07) is 5.64. The molecule has 0 unspecified atom stereocenters. The van der Waals surface area contributed by atoms with E-state index in [9.17, 15) is 19.2 Å². The minimum absolute atomic E-state index is 0.0888. The lowest BCUT2D eigenvalue weighted by molar-refractivity contribution is 0.0997. The number of nitrogens with two attached hydrogens (primary N) is 1. The van der Waals surface area contributed by atoms with Gasteiger partial charge in [0.15, 0.2) is 0 Å². The van der Waals surface area contributed by atoms with E-state index in [0.29, 0.717) is 30.0 Å². The molecule has 0 saturated heterocycles. The second-order valence-corrected chi connectivity index (χ2v) is 7.37. The van der Waals surface area contributed by atoms with Gasteiger partial charge in [0.05, 0.1) is 28.4 Å². The van der Waals surface area contributed by atoms with Crippen LogP contribution in [0.2, 0.25) is 5.02 Å². The van der Waals surface area contributed by atoms with Gasteiger partial charge in [0.2, 0.25) is 0 Å². The Bertz CT molecular complexity index is 1040. The molecule has 1 saturated carbocycles. The van der Waals surface area contributed by atoms with Crippen molar-refractivity contribution in [2.24, 2.45) is 5.73 Å². The van der Waals surface area contributed by atoms with E-state index >= 15 is 0 Å². The predicted octanol–water partition coefficient (Wildman–Crippen LogP) is 3.18. The zero-order valence-electron chi connectivity index (χ0n) is 14.8. The van der Waals surface area contributed by atoms with E-state index < -0.39 is 17.8 Å². The summed E-state index contributed by atoms with van der Waals surface area (Å²) < 4.78 is 15.3. The molecule has 2 aromatic rings. The second kappa shape index (κ2) is 6.84. The molecule has 0 radical (unpaired) electrons. The van der Waals surface area contributed by atoms with E-state index in [-0.39, 0.29) is 23.0 Å². The smallest absolute Gasteiger partial charge is 0.322 e. The largest absolute Gasteiger partial charge is 0.366 e. The number of nitriles is 1. The Kier molecular flexibility index (Phi) is 4.47. The summed E-state index contributed by atoms with van der Waals surface area (Å²) in [6.45, 7) is 1.03. The van der Waals surface area contributed by atoms with Gasteiger partial charge in [0.1, 0.15) is 11.9 Å². The van der Waals surface area contributed by atoms with E-state index in [1.807, 2.05) is 4.57 Å². The number of fused-ring (bicyclic) bond motifs is 1. The van der Waals surface area contributed by atoms with Crippen molar-refractivity contribution in [3.05, 3.63) is 51.6 Å². The number of carbonyl (C=O) groups is 2. The first kappa shape index (κ1) is 18.3. The van der Waals surface area contributed by atoms with Gasteiger partial charge in [0.25, 0.3) is 5.91 Å². The molecule has 1 aromatic heterocycles. The predicted molar refractivity (Wildman–Crippen MR) is 100 cm³/mol. The third-order valence-electron chi connectivity index (χ3n) is 5.13. The van der Waals surface area contributed by atoms with Crippen LogP contribution in [0.15, 0.2) is 18.2 Å². The normalized spacial score (nSPS) is 15.7. The van der Waals surface area contributed by atoms with Crippen molar-refractivity contribution in [1.29, 1.82) is 5.26 Å². The molecule has 1 aliphatic carbocycles. The molecule has 144 valence electrons. The maximum Gasteiger partial charge on any atom is 0.322 e. The number of benzene rings is 1. The highest BCUT2D eigenvalue weighted by molar-refractivity contribution is 6.31. The summed E-state index contributed by atoms with van der Waals surface area (Å²) in [7, 11) is 0. The number of nitrogens with one attached hydrogen (secondary N) is 1. The molecule has 0 bridgehead atoms. The number of halogens is 2. The third-order valence-corrected chi connectivity index (χ3v) is 5.42. The first-order valence-corrected chi connectivity index (χ1v) is 9.24. The summed E-state index contributed by atoms with van der Waals surface area (Å²) in [4.78, 5) is 26.2. The summed E-state index contributed by atoms with van der Waals surface area (Å²) in [5.74, 6) is -0.971. The highest BCUT2D eigenvalue weighted by Crippen LogP contribution is 2.44. The number of aromatic nitrogens is 1. The van der Waals surface area contributed by atoms with E-state index in [1.54, 1.807) is 0 Å². The molecule has 4 rings (SSSR count). The molecule has 3 N–H and O–H groups in total. The molecule has 1 aliphatic heterocycles. The molecular weight excluding hydrogens is 385 g/mol. The maximum absolute atomic E-state index is 13.3. The Labute approximate surface area is 165 Å². The zero-order valence-corrected chi connectivity index (χ0v) is 15.6. The molecule has 7 nitrogen and oxygen atoms in total. The van der Waals surface area contributed by atoms with Crippen molar-refractivity contribution in [3.8, 4) is 6.07 Å². The molecule has 1 fully saturated rings. The second-order valence-electron chi connectivity index (χ2n) is 6.96. The standard InChI is InChI=1S/C19H17ClFN5O2/c20-13-7-11(3-4-14(13)21)24-19(28)25-5-6-26-15(9-25)16(18(23)27)12(8-22)17(26)10-1-2-10/h3-4,7,10H,1-2,5-6,9H2,(H2,23,27)(H,24,28). The average molecular weight is 402 g/mol. The Morgan fingerprint density at radius 3 is 2.68 bits per heavy atom. The van der Waals surface area contributed by atoms with Crippen molar-refractivity contribution in [3.63, 3.8) is 0 Å². The summed E-state index contributed by atoms with van der Waals surface area (Å²) in [5.41, 5.74) is 7.89. The van der Waals surface area contributed by atoms with Gasteiger partial charge in [0, 0.05) is 30.4 Å². The third kappa shape index (κ3) is 3.08. The minimum Gasteiger partial charge on any atom is -0.366 e. The van der Waals surface area contributed by atoms with Crippen LogP contribution in [0.5, 0.6) is 0 Å². The Balaban J connectivity index is 1.62. The van der Waals surface area contributed by atoms with Crippen molar-refractivity contribution < 1.29 is 14.0 Å². The van der Waals surface area contributed by atoms with Gasteiger partial charge in [-0.05, 0) is 31.0 Å². The molecule has 2 aliphatic rings. The lowest BCUT2D eigenvalue weighted by Crippen LogP contribution is -2.41. The maximum atomic E-state index is 13.3. The molecule has 9 heteroatoms. The van der Waals surface area contributed by atoms with Crippen LogP contribution in [0.3, 0.4) is 0 Å². The summed E-state index contributed by atoms with van der Waals surface area (Å²) >= 11 is 5.75. The van der Waals surface area contributed by atoms with Crippen LogP contribution in [0.1, 0.15) is 46.1 Å². The zero-order chi connectivity index (χ0) is 20.0. The fourth-order valence-corrected chi connectivity index (χ4v) is 3.88. The Morgan fingerprint density at radius 1 is 1.32 bits per heavy atom. The minimum atomic E-state index is -0.667. The van der Waals surface area contributed by atoms with Gasteiger partial charge in [-0.2, -0.15) is 5.26 Å². The monoisotopic (exact) mass is 401 g/mol. The van der Waals surface area contributed by atoms with Gasteiger partial charge in [-0.3, -0.25) is 4.79 Å². The quantitative estimate of drug-likeness (QED) is 0.825. The molecule has 28 heavy (non-hydrogen) atoms. The number of hydrogen-bond acceptors (Lipinski definition) is 3. The number of amides is 3. The van der Waals surface area contributed by atoms with Gasteiger partial charge in [-0.15, -0.1) is 0 Å². The number of primary amides is 1. The van der Waals surface area contributed by atoms with Crippen molar-refractivity contribution in [2.45, 2.75) is 31.8 Å². The van der Waals surface area contributed by atoms with Crippen molar-refractivity contribution >= 4 is 29.2 Å². The van der Waals surface area contributed by atoms with Crippen LogP contribution in [-0.2, 0) is 13.1 Å². The topological polar surface area (TPSA) is 104 Å². The average Bonchev–Trinajstić information content (AvgIpc) is 3.44. The highest BCUT2D eigenvalue weighted by Gasteiger charge is 2.37. The lowest BCUT2D eigenvalue weighted by atomic mass is 10.1. The Morgan fingerprint density at radius 2 is 2.07 bits per heavy atom. The number of urea groups is 1. The molecule has 1 aromatic carbocycles. The number of nitrogens with zero attached hydrogens (tertiary/aromatic N) is 3. The molecular formula is C19H17ClFN5O2. The fourth-order valence-electron chi connectivity index (χ4n) is 3.70. The first-order valence-electron chi connectivity index (χ1n) is 8.86. The first-order chi connectivity index (χ1) is 13.4. The van der Waals surface area contributed by atoms with Crippen molar-refractivity contribution in [2.75, 3.05) is 11.9 Å². The van der Waals surface area contributed by atoms with Gasteiger partial charge in [-0.25, -0.2) is 9.18 Å².